The molecule has 3 rings (SSSR count). The lowest BCUT2D eigenvalue weighted by Crippen LogP contribution is -2.61. The van der Waals surface area contributed by atoms with Crippen molar-refractivity contribution in [1.29, 1.82) is 0 Å². The van der Waals surface area contributed by atoms with Crippen molar-refractivity contribution >= 4 is 12.4 Å². The Bertz CT molecular complexity index is 653. The zero-order valence-electron chi connectivity index (χ0n) is 14.0. The van der Waals surface area contributed by atoms with Crippen LogP contribution in [0.15, 0.2) is 15.7 Å². The standard InChI is InChI=1S/C16H26N4O2.ClH/c1-18-13(10-14(21)19(2)15(18)22)11-20-9-8-17-12-16(20)6-4-3-5-7-16;/h10,17H,3-9,11-12H2,1-2H3;1H. The lowest BCUT2D eigenvalue weighted by Gasteiger charge is -2.50. The normalized spacial score (nSPS) is 21.1. The third-order valence-corrected chi connectivity index (χ3v) is 5.45. The molecule has 7 heteroatoms. The molecule has 1 saturated carbocycles. The van der Waals surface area contributed by atoms with E-state index in [-0.39, 0.29) is 29.2 Å². The lowest BCUT2D eigenvalue weighted by atomic mass is 9.79. The summed E-state index contributed by atoms with van der Waals surface area (Å²) in [4.78, 5) is 26.6. The number of nitrogens with zero attached hydrogens (tertiary/aromatic N) is 3. The van der Waals surface area contributed by atoms with E-state index in [1.165, 1.54) is 39.2 Å². The minimum atomic E-state index is -0.240. The van der Waals surface area contributed by atoms with Crippen LogP contribution in [-0.2, 0) is 20.6 Å². The molecule has 0 radical (unpaired) electrons. The van der Waals surface area contributed by atoms with Gasteiger partial charge >= 0.3 is 5.69 Å². The van der Waals surface area contributed by atoms with Crippen LogP contribution in [0.1, 0.15) is 37.8 Å². The van der Waals surface area contributed by atoms with Crippen LogP contribution in [0, 0.1) is 0 Å². The highest BCUT2D eigenvalue weighted by atomic mass is 35.5. The second-order valence-corrected chi connectivity index (χ2v) is 6.76. The van der Waals surface area contributed by atoms with E-state index in [2.05, 4.69) is 10.2 Å². The summed E-state index contributed by atoms with van der Waals surface area (Å²) in [6, 6.07) is 1.61. The number of aromatic nitrogens is 2. The Morgan fingerprint density at radius 1 is 1.13 bits per heavy atom. The van der Waals surface area contributed by atoms with Crippen LogP contribution in [-0.4, -0.2) is 39.2 Å². The highest BCUT2D eigenvalue weighted by Crippen LogP contribution is 2.35. The largest absolute Gasteiger partial charge is 0.330 e. The van der Waals surface area contributed by atoms with Gasteiger partial charge in [-0.2, -0.15) is 0 Å². The van der Waals surface area contributed by atoms with E-state index in [0.717, 1.165) is 29.9 Å². The summed E-state index contributed by atoms with van der Waals surface area (Å²) in [6.45, 7) is 3.65. The molecule has 6 nitrogen and oxygen atoms in total. The molecule has 130 valence electrons. The first kappa shape index (κ1) is 18.2. The van der Waals surface area contributed by atoms with Crippen molar-refractivity contribution in [2.24, 2.45) is 14.1 Å². The second-order valence-electron chi connectivity index (χ2n) is 6.76. The SMILES string of the molecule is Cl.Cn1c(CN2CCNCC23CCCCC3)cc(=O)n(C)c1=O. The first-order valence-corrected chi connectivity index (χ1v) is 8.25. The van der Waals surface area contributed by atoms with E-state index in [4.69, 9.17) is 0 Å². The van der Waals surface area contributed by atoms with E-state index in [9.17, 15) is 9.59 Å². The predicted molar refractivity (Wildman–Crippen MR) is 93.3 cm³/mol. The Morgan fingerprint density at radius 3 is 2.52 bits per heavy atom. The fourth-order valence-electron chi connectivity index (χ4n) is 3.96. The molecule has 1 saturated heterocycles. The number of nitrogens with one attached hydrogen (secondary N) is 1. The molecule has 0 bridgehead atoms. The average Bonchev–Trinajstić information content (AvgIpc) is 2.53. The maximum atomic E-state index is 12.1. The van der Waals surface area contributed by atoms with E-state index in [1.54, 1.807) is 17.7 Å². The maximum absolute atomic E-state index is 12.1. The third kappa shape index (κ3) is 3.39. The number of halogens is 1. The Hall–Kier alpha value is -1.11. The van der Waals surface area contributed by atoms with E-state index in [0.29, 0.717) is 6.54 Å². The number of rotatable bonds is 2. The van der Waals surface area contributed by atoms with Crippen LogP contribution in [0.5, 0.6) is 0 Å². The van der Waals surface area contributed by atoms with Crippen molar-refractivity contribution in [3.63, 3.8) is 0 Å². The average molecular weight is 343 g/mol. The third-order valence-electron chi connectivity index (χ3n) is 5.45. The molecule has 0 aromatic carbocycles. The van der Waals surface area contributed by atoms with E-state index >= 15 is 0 Å². The highest BCUT2D eigenvalue weighted by Gasteiger charge is 2.39. The lowest BCUT2D eigenvalue weighted by molar-refractivity contribution is 0.0190. The summed E-state index contributed by atoms with van der Waals surface area (Å²) >= 11 is 0. The number of hydrogen-bond donors (Lipinski definition) is 1. The summed E-state index contributed by atoms with van der Waals surface area (Å²) in [5.41, 5.74) is 0.564. The fourth-order valence-corrected chi connectivity index (χ4v) is 3.96. The van der Waals surface area contributed by atoms with Gasteiger partial charge in [-0.1, -0.05) is 19.3 Å². The molecule has 1 aliphatic carbocycles. The Balaban J connectivity index is 0.00000192. The van der Waals surface area contributed by atoms with Crippen LogP contribution in [0.4, 0.5) is 0 Å². The van der Waals surface area contributed by atoms with Crippen molar-refractivity contribution in [1.82, 2.24) is 19.4 Å². The Morgan fingerprint density at radius 2 is 1.83 bits per heavy atom. The predicted octanol–water partition coefficient (Wildman–Crippen LogP) is 0.614. The van der Waals surface area contributed by atoms with Gasteiger partial charge < -0.3 is 5.32 Å². The van der Waals surface area contributed by atoms with Crippen molar-refractivity contribution in [2.75, 3.05) is 19.6 Å². The van der Waals surface area contributed by atoms with Gasteiger partial charge in [0.05, 0.1) is 0 Å². The molecule has 1 aliphatic heterocycles. The summed E-state index contributed by atoms with van der Waals surface area (Å²) in [5.74, 6) is 0. The molecule has 2 aliphatic rings. The van der Waals surface area contributed by atoms with Gasteiger partial charge in [-0.3, -0.25) is 18.8 Å². The topological polar surface area (TPSA) is 59.3 Å². The monoisotopic (exact) mass is 342 g/mol. The van der Waals surface area contributed by atoms with E-state index < -0.39 is 0 Å². The zero-order chi connectivity index (χ0) is 15.7. The minimum absolute atomic E-state index is 0. The Labute approximate surface area is 142 Å². The number of piperazine rings is 1. The minimum Gasteiger partial charge on any atom is -0.314 e. The molecule has 0 unspecified atom stereocenters. The van der Waals surface area contributed by atoms with Crippen LogP contribution in [0.25, 0.3) is 0 Å². The molecular formula is C16H27ClN4O2. The zero-order valence-corrected chi connectivity index (χ0v) is 14.8. The van der Waals surface area contributed by atoms with Crippen molar-refractivity contribution in [3.05, 3.63) is 32.6 Å². The van der Waals surface area contributed by atoms with Gasteiger partial charge in [0, 0.05) is 57.6 Å². The van der Waals surface area contributed by atoms with Crippen LogP contribution in [0.3, 0.4) is 0 Å². The molecule has 0 atom stereocenters. The van der Waals surface area contributed by atoms with Gasteiger partial charge in [0.2, 0.25) is 0 Å². The highest BCUT2D eigenvalue weighted by molar-refractivity contribution is 5.85. The Kier molecular flexibility index (Phi) is 5.70. The molecule has 0 amide bonds. The molecule has 1 aromatic heterocycles. The molecular weight excluding hydrogens is 316 g/mol. The van der Waals surface area contributed by atoms with Gasteiger partial charge in [-0.05, 0) is 12.8 Å². The summed E-state index contributed by atoms with van der Waals surface area (Å²) in [5, 5.41) is 3.53. The van der Waals surface area contributed by atoms with E-state index in [1.807, 2.05) is 0 Å². The molecule has 1 spiro atoms. The van der Waals surface area contributed by atoms with Crippen LogP contribution in [0.2, 0.25) is 0 Å². The molecule has 23 heavy (non-hydrogen) atoms. The van der Waals surface area contributed by atoms with Crippen molar-refractivity contribution < 1.29 is 0 Å². The number of hydrogen-bond acceptors (Lipinski definition) is 4. The smallest absolute Gasteiger partial charge is 0.314 e. The van der Waals surface area contributed by atoms with Crippen molar-refractivity contribution in [2.45, 2.75) is 44.2 Å². The molecule has 1 N–H and O–H groups in total. The molecule has 2 fully saturated rings. The molecule has 1 aromatic rings. The van der Waals surface area contributed by atoms with Gasteiger partial charge in [-0.15, -0.1) is 12.4 Å². The van der Waals surface area contributed by atoms with Gasteiger partial charge in [0.15, 0.2) is 0 Å². The van der Waals surface area contributed by atoms with Crippen LogP contribution >= 0.6 is 12.4 Å². The maximum Gasteiger partial charge on any atom is 0.330 e. The second kappa shape index (κ2) is 7.20. The fraction of sp³-hybridized carbons (Fsp3) is 0.750. The van der Waals surface area contributed by atoms with Gasteiger partial charge in [0.25, 0.3) is 5.56 Å². The quantitative estimate of drug-likeness (QED) is 0.855. The summed E-state index contributed by atoms with van der Waals surface area (Å²) < 4.78 is 2.78. The molecule has 2 heterocycles. The van der Waals surface area contributed by atoms with Gasteiger partial charge in [0.1, 0.15) is 0 Å². The summed E-state index contributed by atoms with van der Waals surface area (Å²) in [6.07, 6.45) is 6.28. The summed E-state index contributed by atoms with van der Waals surface area (Å²) in [7, 11) is 3.29. The van der Waals surface area contributed by atoms with Gasteiger partial charge in [-0.25, -0.2) is 4.79 Å². The van der Waals surface area contributed by atoms with Crippen LogP contribution < -0.4 is 16.6 Å². The van der Waals surface area contributed by atoms with Crippen molar-refractivity contribution in [3.8, 4) is 0 Å². The first-order chi connectivity index (χ1) is 10.5. The first-order valence-electron chi connectivity index (χ1n) is 8.25.